The first-order valence-electron chi connectivity index (χ1n) is 10.4. The van der Waals surface area contributed by atoms with Crippen molar-refractivity contribution in [3.63, 3.8) is 0 Å². The van der Waals surface area contributed by atoms with Crippen LogP contribution in [0.2, 0.25) is 0 Å². The van der Waals surface area contributed by atoms with Gasteiger partial charge in [-0.15, -0.1) is 0 Å². The fourth-order valence-electron chi connectivity index (χ4n) is 4.02. The summed E-state index contributed by atoms with van der Waals surface area (Å²) in [6, 6.07) is 1.13. The van der Waals surface area contributed by atoms with E-state index < -0.39 is 12.5 Å². The molecule has 31 heavy (non-hydrogen) atoms. The fraction of sp³-hybridized carbons (Fsp3) is 0.600. The summed E-state index contributed by atoms with van der Waals surface area (Å²) >= 11 is 0. The number of pyridine rings is 1. The van der Waals surface area contributed by atoms with Crippen molar-refractivity contribution in [3.05, 3.63) is 23.7 Å². The summed E-state index contributed by atoms with van der Waals surface area (Å²) in [5.74, 6) is 0.928. The average molecular weight is 435 g/mol. The van der Waals surface area contributed by atoms with Gasteiger partial charge < -0.3 is 25.4 Å². The zero-order valence-corrected chi connectivity index (χ0v) is 17.8. The van der Waals surface area contributed by atoms with Gasteiger partial charge in [-0.3, -0.25) is 0 Å². The predicted octanol–water partition coefficient (Wildman–Crippen LogP) is 2.12. The molecule has 2 aliphatic heterocycles. The lowest BCUT2D eigenvalue weighted by atomic mass is 10.1. The van der Waals surface area contributed by atoms with Crippen molar-refractivity contribution in [1.82, 2.24) is 25.3 Å². The molecule has 2 saturated heterocycles. The molecule has 2 aromatic heterocycles. The molecule has 168 valence electrons. The molecule has 3 N–H and O–H groups in total. The number of ether oxygens (including phenoxy) is 2. The Kier molecular flexibility index (Phi) is 6.26. The molecule has 0 aromatic carbocycles. The fourth-order valence-corrected chi connectivity index (χ4v) is 4.02. The Hall–Kier alpha value is -2.50. The molecule has 4 atom stereocenters. The van der Waals surface area contributed by atoms with Crippen LogP contribution in [0, 0.1) is 0 Å². The lowest BCUT2D eigenvalue weighted by molar-refractivity contribution is -0.00571. The molecule has 9 nitrogen and oxygen atoms in total. The van der Waals surface area contributed by atoms with Crippen LogP contribution in [-0.2, 0) is 9.47 Å². The van der Waals surface area contributed by atoms with Crippen LogP contribution in [0.3, 0.4) is 0 Å². The minimum Gasteiger partial charge on any atom is -0.384 e. The summed E-state index contributed by atoms with van der Waals surface area (Å²) in [6.45, 7) is 8.25. The van der Waals surface area contributed by atoms with Gasteiger partial charge in [0.05, 0.1) is 31.9 Å². The number of halogens is 2. The van der Waals surface area contributed by atoms with Gasteiger partial charge in [-0.2, -0.15) is 9.97 Å². The first-order valence-corrected chi connectivity index (χ1v) is 10.4. The molecule has 2 aliphatic rings. The van der Waals surface area contributed by atoms with Crippen LogP contribution >= 0.6 is 0 Å². The van der Waals surface area contributed by atoms with Crippen molar-refractivity contribution in [2.24, 2.45) is 0 Å². The number of hydrogen-bond donors (Lipinski definition) is 2. The monoisotopic (exact) mass is 435 g/mol. The molecule has 2 fully saturated rings. The number of aromatic nitrogens is 4. The lowest BCUT2D eigenvalue weighted by Crippen LogP contribution is -2.51. The minimum atomic E-state index is -2.75. The maximum absolute atomic E-state index is 13.8. The molecule has 2 aromatic rings. The van der Waals surface area contributed by atoms with Gasteiger partial charge in [-0.1, -0.05) is 0 Å². The van der Waals surface area contributed by atoms with E-state index in [4.69, 9.17) is 20.2 Å². The van der Waals surface area contributed by atoms with E-state index in [1.807, 2.05) is 25.7 Å². The normalized spacial score (nSPS) is 27.0. The van der Waals surface area contributed by atoms with Gasteiger partial charge in [0.15, 0.2) is 11.6 Å². The SMILES string of the molecule is C[C@@H]1COC[C@@H](C)N1c1nc(-c2cnc(N)cc2C(F)F)nc(C2OCCN[C@@H]2C)n1. The van der Waals surface area contributed by atoms with Crippen LogP contribution < -0.4 is 16.0 Å². The van der Waals surface area contributed by atoms with Gasteiger partial charge in [0, 0.05) is 29.9 Å². The quantitative estimate of drug-likeness (QED) is 0.746. The molecule has 11 heteroatoms. The van der Waals surface area contributed by atoms with Gasteiger partial charge in [0.2, 0.25) is 5.95 Å². The highest BCUT2D eigenvalue weighted by molar-refractivity contribution is 5.63. The Morgan fingerprint density at radius 3 is 2.58 bits per heavy atom. The average Bonchev–Trinajstić information content (AvgIpc) is 2.73. The molecule has 0 saturated carbocycles. The van der Waals surface area contributed by atoms with E-state index in [0.717, 1.165) is 12.6 Å². The van der Waals surface area contributed by atoms with E-state index >= 15 is 0 Å². The van der Waals surface area contributed by atoms with Crippen molar-refractivity contribution < 1.29 is 18.3 Å². The van der Waals surface area contributed by atoms with Crippen LogP contribution in [0.5, 0.6) is 0 Å². The number of rotatable bonds is 4. The van der Waals surface area contributed by atoms with Crippen molar-refractivity contribution in [1.29, 1.82) is 0 Å². The Morgan fingerprint density at radius 2 is 1.90 bits per heavy atom. The highest BCUT2D eigenvalue weighted by atomic mass is 19.3. The zero-order chi connectivity index (χ0) is 22.1. The molecule has 0 spiro atoms. The number of morpholine rings is 2. The summed E-state index contributed by atoms with van der Waals surface area (Å²) < 4.78 is 39.1. The van der Waals surface area contributed by atoms with Gasteiger partial charge in [-0.05, 0) is 26.8 Å². The number of anilines is 2. The molecular weight excluding hydrogens is 408 g/mol. The number of nitrogens with zero attached hydrogens (tertiary/aromatic N) is 5. The highest BCUT2D eigenvalue weighted by Crippen LogP contribution is 2.33. The van der Waals surface area contributed by atoms with Crippen molar-refractivity contribution in [2.45, 2.75) is 51.4 Å². The summed E-state index contributed by atoms with van der Waals surface area (Å²) in [5.41, 5.74) is 5.50. The van der Waals surface area contributed by atoms with Crippen LogP contribution in [0.15, 0.2) is 12.3 Å². The Morgan fingerprint density at radius 1 is 1.16 bits per heavy atom. The lowest BCUT2D eigenvalue weighted by Gasteiger charge is -2.39. The van der Waals surface area contributed by atoms with Crippen LogP contribution in [0.25, 0.3) is 11.4 Å². The molecule has 0 radical (unpaired) electrons. The van der Waals surface area contributed by atoms with Crippen LogP contribution in [-0.4, -0.2) is 64.4 Å². The second-order valence-electron chi connectivity index (χ2n) is 7.99. The standard InChI is InChI=1S/C20H27F2N7O2/c1-10-8-30-9-11(2)29(10)20-27-18(14-7-25-15(23)6-13(14)17(21)22)26-19(28-20)16-12(3)24-4-5-31-16/h6-7,10-12,16-17,24H,4-5,8-9H2,1-3H3,(H2,23,25)/t10-,11-,12-,16?/m1/s1. The first-order chi connectivity index (χ1) is 14.8. The van der Waals surface area contributed by atoms with Crippen molar-refractivity contribution in [2.75, 3.05) is 37.0 Å². The number of nitrogens with one attached hydrogen (secondary N) is 1. The molecule has 1 unspecified atom stereocenters. The van der Waals surface area contributed by atoms with E-state index in [2.05, 4.69) is 20.3 Å². The van der Waals surface area contributed by atoms with E-state index in [0.29, 0.717) is 31.6 Å². The van der Waals surface area contributed by atoms with Gasteiger partial charge in [0.1, 0.15) is 11.9 Å². The molecule has 0 bridgehead atoms. The molecule has 0 aliphatic carbocycles. The van der Waals surface area contributed by atoms with Gasteiger partial charge in [0.25, 0.3) is 6.43 Å². The second kappa shape index (κ2) is 8.93. The van der Waals surface area contributed by atoms with Gasteiger partial charge >= 0.3 is 0 Å². The third-order valence-electron chi connectivity index (χ3n) is 5.55. The minimum absolute atomic E-state index is 0.00813. The third kappa shape index (κ3) is 4.43. The Balaban J connectivity index is 1.86. The smallest absolute Gasteiger partial charge is 0.264 e. The summed E-state index contributed by atoms with van der Waals surface area (Å²) in [4.78, 5) is 19.8. The first kappa shape index (κ1) is 21.7. The van der Waals surface area contributed by atoms with Crippen LogP contribution in [0.1, 0.15) is 44.7 Å². The molecule has 4 rings (SSSR count). The topological polar surface area (TPSA) is 111 Å². The summed E-state index contributed by atoms with van der Waals surface area (Å²) in [7, 11) is 0. The number of nitrogens with two attached hydrogens (primary N) is 1. The summed E-state index contributed by atoms with van der Waals surface area (Å²) in [6.07, 6.45) is -1.90. The number of alkyl halides is 2. The maximum atomic E-state index is 13.8. The zero-order valence-electron chi connectivity index (χ0n) is 17.8. The largest absolute Gasteiger partial charge is 0.384 e. The molecule has 4 heterocycles. The van der Waals surface area contributed by atoms with E-state index in [1.165, 1.54) is 6.20 Å². The number of hydrogen-bond acceptors (Lipinski definition) is 9. The van der Waals surface area contributed by atoms with E-state index in [9.17, 15) is 8.78 Å². The Labute approximate surface area is 179 Å². The highest BCUT2D eigenvalue weighted by Gasteiger charge is 2.32. The number of nitrogen functional groups attached to an aromatic ring is 1. The maximum Gasteiger partial charge on any atom is 0.264 e. The van der Waals surface area contributed by atoms with Gasteiger partial charge in [-0.25, -0.2) is 18.7 Å². The van der Waals surface area contributed by atoms with Crippen molar-refractivity contribution >= 4 is 11.8 Å². The predicted molar refractivity (Wildman–Crippen MR) is 111 cm³/mol. The third-order valence-corrected chi connectivity index (χ3v) is 5.55. The van der Waals surface area contributed by atoms with E-state index in [1.54, 1.807) is 0 Å². The van der Waals surface area contributed by atoms with Crippen LogP contribution in [0.4, 0.5) is 20.5 Å². The Bertz CT molecular complexity index is 922. The second-order valence-corrected chi connectivity index (χ2v) is 7.99. The summed E-state index contributed by atoms with van der Waals surface area (Å²) in [5, 5.41) is 3.34. The van der Waals surface area contributed by atoms with E-state index in [-0.39, 0.29) is 40.9 Å². The van der Waals surface area contributed by atoms with Crippen molar-refractivity contribution in [3.8, 4) is 11.4 Å². The molecule has 0 amide bonds. The molecular formula is C20H27F2N7O2.